The minimum atomic E-state index is -3.93. The van der Waals surface area contributed by atoms with E-state index in [0.717, 1.165) is 0 Å². The fourth-order valence-electron chi connectivity index (χ4n) is 3.41. The van der Waals surface area contributed by atoms with E-state index in [0.29, 0.717) is 22.4 Å². The molecule has 3 aromatic carbocycles. The van der Waals surface area contributed by atoms with Crippen LogP contribution in [-0.2, 0) is 10.0 Å². The van der Waals surface area contributed by atoms with E-state index < -0.39 is 16.2 Å². The topological polar surface area (TPSA) is 111 Å². The molecule has 0 aliphatic rings. The van der Waals surface area contributed by atoms with Crippen molar-refractivity contribution >= 4 is 15.7 Å². The van der Waals surface area contributed by atoms with Crippen LogP contribution in [0.25, 0.3) is 0 Å². The number of anilines is 1. The summed E-state index contributed by atoms with van der Waals surface area (Å²) in [6.45, 7) is 1.74. The zero-order valence-electron chi connectivity index (χ0n) is 17.7. The first-order valence-corrected chi connectivity index (χ1v) is 11.5. The van der Waals surface area contributed by atoms with Gasteiger partial charge in [0.2, 0.25) is 10.0 Å². The van der Waals surface area contributed by atoms with E-state index in [1.54, 1.807) is 89.9 Å². The van der Waals surface area contributed by atoms with Crippen molar-refractivity contribution in [3.8, 4) is 11.8 Å². The molecule has 4 aromatic rings. The van der Waals surface area contributed by atoms with Crippen LogP contribution in [0.5, 0.6) is 5.75 Å². The van der Waals surface area contributed by atoms with Crippen LogP contribution in [-0.4, -0.2) is 23.2 Å². The molecule has 1 heterocycles. The number of benzene rings is 3. The summed E-state index contributed by atoms with van der Waals surface area (Å²) in [5.41, 5.74) is 2.30. The SMILES string of the molecule is Cc1cc(C(NS(=O)(=O)c2ccccc2)N(c2ccc(C#N)cc2)n2ccnc2)ccc1O. The van der Waals surface area contributed by atoms with Crippen LogP contribution >= 0.6 is 0 Å². The summed E-state index contributed by atoms with van der Waals surface area (Å²) < 4.78 is 31.1. The average Bonchev–Trinajstić information content (AvgIpc) is 3.36. The number of aryl methyl sites for hydroxylation is 1. The normalized spacial score (nSPS) is 12.1. The Morgan fingerprint density at radius 3 is 2.42 bits per heavy atom. The summed E-state index contributed by atoms with van der Waals surface area (Å²) in [4.78, 5) is 4.24. The largest absolute Gasteiger partial charge is 0.508 e. The molecule has 33 heavy (non-hydrogen) atoms. The Hall–Kier alpha value is -4.13. The van der Waals surface area contributed by atoms with E-state index in [1.165, 1.54) is 18.2 Å². The van der Waals surface area contributed by atoms with Gasteiger partial charge in [-0.05, 0) is 66.6 Å². The molecule has 9 heteroatoms. The first kappa shape index (κ1) is 22.1. The predicted molar refractivity (Wildman–Crippen MR) is 124 cm³/mol. The maximum atomic E-state index is 13.3. The van der Waals surface area contributed by atoms with Crippen LogP contribution < -0.4 is 9.73 Å². The molecule has 2 N–H and O–H groups in total. The van der Waals surface area contributed by atoms with Gasteiger partial charge in [-0.2, -0.15) is 9.98 Å². The van der Waals surface area contributed by atoms with Gasteiger partial charge in [0.05, 0.1) is 22.2 Å². The molecular formula is C24H21N5O3S. The Labute approximate surface area is 192 Å². The second-order valence-corrected chi connectivity index (χ2v) is 9.04. The summed E-state index contributed by atoms with van der Waals surface area (Å²) in [7, 11) is -3.93. The van der Waals surface area contributed by atoms with E-state index in [-0.39, 0.29) is 10.6 Å². The van der Waals surface area contributed by atoms with E-state index in [1.807, 2.05) is 0 Å². The second-order valence-electron chi connectivity index (χ2n) is 7.33. The number of nitrogens with zero attached hydrogens (tertiary/aromatic N) is 4. The van der Waals surface area contributed by atoms with Gasteiger partial charge in [-0.15, -0.1) is 0 Å². The van der Waals surface area contributed by atoms with Crippen molar-refractivity contribution in [2.45, 2.75) is 18.0 Å². The third kappa shape index (κ3) is 4.72. The highest BCUT2D eigenvalue weighted by atomic mass is 32.2. The Morgan fingerprint density at radius 1 is 1.09 bits per heavy atom. The first-order valence-electron chi connectivity index (χ1n) is 10.0. The molecule has 166 valence electrons. The molecule has 4 rings (SSSR count). The number of rotatable bonds is 7. The smallest absolute Gasteiger partial charge is 0.242 e. The monoisotopic (exact) mass is 459 g/mol. The lowest BCUT2D eigenvalue weighted by atomic mass is 10.1. The van der Waals surface area contributed by atoms with Crippen molar-refractivity contribution in [1.82, 2.24) is 14.4 Å². The van der Waals surface area contributed by atoms with Crippen LogP contribution in [0, 0.1) is 18.3 Å². The standard InChI is InChI=1S/C24H21N5O3S/c1-18-15-20(9-12-23(18)30)24(27-33(31,32)22-5-3-2-4-6-22)29(28-14-13-26-17-28)21-10-7-19(16-25)8-11-21/h2-15,17,24,27,30H,1H3. The lowest BCUT2D eigenvalue weighted by Crippen LogP contribution is -2.44. The number of nitrogens with one attached hydrogen (secondary N) is 1. The zero-order chi connectivity index (χ0) is 23.4. The van der Waals surface area contributed by atoms with Gasteiger partial charge in [-0.1, -0.05) is 24.3 Å². The number of imidazole rings is 1. The number of phenols is 1. The molecule has 0 aliphatic carbocycles. The Balaban J connectivity index is 1.88. The minimum absolute atomic E-state index is 0.107. The van der Waals surface area contributed by atoms with Gasteiger partial charge in [-0.25, -0.2) is 18.1 Å². The van der Waals surface area contributed by atoms with E-state index in [4.69, 9.17) is 0 Å². The van der Waals surface area contributed by atoms with Crippen molar-refractivity contribution in [1.29, 1.82) is 5.26 Å². The number of phenolic OH excluding ortho intramolecular Hbond substituents is 1. The fourth-order valence-corrected chi connectivity index (χ4v) is 4.59. The zero-order valence-corrected chi connectivity index (χ0v) is 18.5. The van der Waals surface area contributed by atoms with Gasteiger partial charge >= 0.3 is 0 Å². The molecule has 0 aliphatic heterocycles. The number of aromatic hydroxyl groups is 1. The van der Waals surface area contributed by atoms with Crippen molar-refractivity contribution < 1.29 is 13.5 Å². The Morgan fingerprint density at radius 2 is 1.82 bits per heavy atom. The van der Waals surface area contributed by atoms with Gasteiger partial charge < -0.3 is 5.11 Å². The van der Waals surface area contributed by atoms with Crippen LogP contribution in [0.2, 0.25) is 0 Å². The number of hydrogen-bond donors (Lipinski definition) is 2. The van der Waals surface area contributed by atoms with Crippen molar-refractivity contribution in [3.63, 3.8) is 0 Å². The molecular weight excluding hydrogens is 438 g/mol. The number of aromatic nitrogens is 2. The Kier molecular flexibility index (Phi) is 6.13. The highest BCUT2D eigenvalue weighted by Crippen LogP contribution is 2.30. The molecule has 0 saturated heterocycles. The van der Waals surface area contributed by atoms with Crippen molar-refractivity contribution in [3.05, 3.63) is 108 Å². The highest BCUT2D eigenvalue weighted by Gasteiger charge is 2.29. The lowest BCUT2D eigenvalue weighted by Gasteiger charge is -2.34. The summed E-state index contributed by atoms with van der Waals surface area (Å²) in [5.74, 6) is 0.107. The quantitative estimate of drug-likeness (QED) is 0.408. The minimum Gasteiger partial charge on any atom is -0.508 e. The maximum Gasteiger partial charge on any atom is 0.242 e. The molecule has 1 atom stereocenters. The van der Waals surface area contributed by atoms with E-state index in [2.05, 4.69) is 15.8 Å². The molecule has 0 amide bonds. The Bertz CT molecular complexity index is 1380. The molecule has 0 saturated carbocycles. The average molecular weight is 460 g/mol. The maximum absolute atomic E-state index is 13.3. The number of nitriles is 1. The molecule has 8 nitrogen and oxygen atoms in total. The summed E-state index contributed by atoms with van der Waals surface area (Å²) >= 11 is 0. The molecule has 1 aromatic heterocycles. The summed E-state index contributed by atoms with van der Waals surface area (Å²) in [6.07, 6.45) is 3.92. The third-order valence-corrected chi connectivity index (χ3v) is 6.53. The predicted octanol–water partition coefficient (Wildman–Crippen LogP) is 3.72. The third-order valence-electron chi connectivity index (χ3n) is 5.10. The number of hydrogen-bond acceptors (Lipinski definition) is 6. The van der Waals surface area contributed by atoms with E-state index in [9.17, 15) is 18.8 Å². The second kappa shape index (κ2) is 9.16. The van der Waals surface area contributed by atoms with Crippen molar-refractivity contribution in [2.75, 3.05) is 5.01 Å². The van der Waals surface area contributed by atoms with Crippen LogP contribution in [0.1, 0.15) is 22.9 Å². The van der Waals surface area contributed by atoms with Crippen LogP contribution in [0.4, 0.5) is 5.69 Å². The molecule has 1 unspecified atom stereocenters. The van der Waals surface area contributed by atoms with E-state index >= 15 is 0 Å². The fraction of sp³-hybridized carbons (Fsp3) is 0.0833. The summed E-state index contributed by atoms with van der Waals surface area (Å²) in [5, 5.41) is 20.9. The van der Waals surface area contributed by atoms with Gasteiger partial charge in [0, 0.05) is 12.4 Å². The van der Waals surface area contributed by atoms with Gasteiger partial charge in [0.15, 0.2) is 0 Å². The highest BCUT2D eigenvalue weighted by molar-refractivity contribution is 7.89. The molecule has 0 spiro atoms. The number of sulfonamides is 1. The lowest BCUT2D eigenvalue weighted by molar-refractivity contribution is 0.469. The van der Waals surface area contributed by atoms with Gasteiger partial charge in [0.1, 0.15) is 18.2 Å². The van der Waals surface area contributed by atoms with Crippen LogP contribution in [0.15, 0.2) is 96.4 Å². The first-order chi connectivity index (χ1) is 15.9. The van der Waals surface area contributed by atoms with Gasteiger partial charge in [0.25, 0.3) is 0 Å². The van der Waals surface area contributed by atoms with Crippen LogP contribution in [0.3, 0.4) is 0 Å². The van der Waals surface area contributed by atoms with Crippen molar-refractivity contribution in [2.24, 2.45) is 0 Å². The molecule has 0 radical (unpaired) electrons. The molecule has 0 bridgehead atoms. The summed E-state index contributed by atoms with van der Waals surface area (Å²) in [6, 6.07) is 21.9. The van der Waals surface area contributed by atoms with Gasteiger partial charge in [-0.3, -0.25) is 5.01 Å². The molecule has 0 fully saturated rings.